The van der Waals surface area contributed by atoms with Gasteiger partial charge in [0.2, 0.25) is 0 Å². The summed E-state index contributed by atoms with van der Waals surface area (Å²) >= 11 is 8.58. The first-order valence-corrected chi connectivity index (χ1v) is 6.97. The summed E-state index contributed by atoms with van der Waals surface area (Å²) < 4.78 is 0.928. The van der Waals surface area contributed by atoms with Crippen LogP contribution < -0.4 is 4.90 Å². The van der Waals surface area contributed by atoms with Crippen molar-refractivity contribution in [2.75, 3.05) is 18.2 Å². The van der Waals surface area contributed by atoms with Crippen molar-refractivity contribution < 1.29 is 0 Å². The second kappa shape index (κ2) is 4.60. The molecule has 1 heterocycles. The maximum atomic E-state index is 5.20. The molecule has 15 heavy (non-hydrogen) atoms. The molecule has 1 aliphatic rings. The molecule has 0 saturated carbocycles. The molecule has 0 amide bonds. The summed E-state index contributed by atoms with van der Waals surface area (Å²) in [6.45, 7) is 0. The summed E-state index contributed by atoms with van der Waals surface area (Å²) in [5.41, 5.74) is 1.26. The van der Waals surface area contributed by atoms with Crippen molar-refractivity contribution in [2.45, 2.75) is 4.90 Å². The first-order valence-electron chi connectivity index (χ1n) is 4.52. The van der Waals surface area contributed by atoms with Gasteiger partial charge in [-0.3, -0.25) is 0 Å². The fourth-order valence-electron chi connectivity index (χ4n) is 1.41. The Morgan fingerprint density at radius 1 is 1.47 bits per heavy atom. The number of rotatable bonds is 1. The summed E-state index contributed by atoms with van der Waals surface area (Å²) in [6, 6.07) is 8.39. The molecule has 1 aliphatic heterocycles. The maximum Gasteiger partial charge on any atom is 0.0818 e. The van der Waals surface area contributed by atoms with Crippen LogP contribution in [-0.4, -0.2) is 17.5 Å². The summed E-state index contributed by atoms with van der Waals surface area (Å²) in [6.07, 6.45) is 4.07. The molecule has 2 rings (SSSR count). The fourth-order valence-corrected chi connectivity index (χ4v) is 2.99. The molecular weight excluding hydrogens is 242 g/mol. The van der Waals surface area contributed by atoms with Crippen molar-refractivity contribution in [3.05, 3.63) is 35.4 Å². The van der Waals surface area contributed by atoms with Crippen LogP contribution in [0.2, 0.25) is 0 Å². The van der Waals surface area contributed by atoms with Crippen LogP contribution in [0.5, 0.6) is 0 Å². The third kappa shape index (κ3) is 2.22. The predicted molar refractivity (Wildman–Crippen MR) is 74.9 cm³/mol. The average Bonchev–Trinajstić information content (AvgIpc) is 2.57. The van der Waals surface area contributed by atoms with Gasteiger partial charge in [0.1, 0.15) is 0 Å². The standard InChI is InChI=1S/C11H11NS3/c1-12-8-5-3-4-6-9(8)15-10(12)7-11(13)14-2/h3-7H,1-2H3/b10-7+. The van der Waals surface area contributed by atoms with Gasteiger partial charge in [-0.2, -0.15) is 0 Å². The Hall–Kier alpha value is -0.450. The lowest BCUT2D eigenvalue weighted by molar-refractivity contribution is 1.18. The highest BCUT2D eigenvalue weighted by molar-refractivity contribution is 8.23. The van der Waals surface area contributed by atoms with E-state index in [0.29, 0.717) is 0 Å². The Bertz CT molecular complexity index is 426. The van der Waals surface area contributed by atoms with E-state index in [9.17, 15) is 0 Å². The van der Waals surface area contributed by atoms with Crippen LogP contribution in [0.15, 0.2) is 40.3 Å². The molecule has 0 radical (unpaired) electrons. The van der Waals surface area contributed by atoms with Gasteiger partial charge >= 0.3 is 0 Å². The van der Waals surface area contributed by atoms with Crippen LogP contribution in [0.3, 0.4) is 0 Å². The predicted octanol–water partition coefficient (Wildman–Crippen LogP) is 3.76. The smallest absolute Gasteiger partial charge is 0.0818 e. The molecular formula is C11H11NS3. The van der Waals surface area contributed by atoms with E-state index in [1.54, 1.807) is 23.5 Å². The van der Waals surface area contributed by atoms with Crippen molar-refractivity contribution in [3.63, 3.8) is 0 Å². The quantitative estimate of drug-likeness (QED) is 0.553. The monoisotopic (exact) mass is 253 g/mol. The second-order valence-corrected chi connectivity index (χ2v) is 5.74. The van der Waals surface area contributed by atoms with Gasteiger partial charge < -0.3 is 4.90 Å². The van der Waals surface area contributed by atoms with Crippen LogP contribution >= 0.6 is 35.7 Å². The second-order valence-electron chi connectivity index (χ2n) is 3.13. The Kier molecular flexibility index (Phi) is 3.38. The lowest BCUT2D eigenvalue weighted by atomic mass is 10.3. The number of benzene rings is 1. The van der Waals surface area contributed by atoms with E-state index in [1.165, 1.54) is 15.6 Å². The van der Waals surface area contributed by atoms with Gasteiger partial charge in [-0.25, -0.2) is 0 Å². The average molecular weight is 253 g/mol. The summed E-state index contributed by atoms with van der Waals surface area (Å²) in [4.78, 5) is 3.48. The number of anilines is 1. The zero-order chi connectivity index (χ0) is 10.8. The third-order valence-corrected chi connectivity index (χ3v) is 4.52. The minimum Gasteiger partial charge on any atom is -0.338 e. The number of para-hydroxylation sites is 1. The van der Waals surface area contributed by atoms with Gasteiger partial charge in [0.25, 0.3) is 0 Å². The topological polar surface area (TPSA) is 3.24 Å². The van der Waals surface area contributed by atoms with E-state index in [-0.39, 0.29) is 0 Å². The highest BCUT2D eigenvalue weighted by atomic mass is 32.2. The zero-order valence-corrected chi connectivity index (χ0v) is 11.0. The van der Waals surface area contributed by atoms with Crippen LogP contribution in [0.1, 0.15) is 0 Å². The van der Waals surface area contributed by atoms with E-state index in [1.807, 2.05) is 6.26 Å². The molecule has 1 aromatic carbocycles. The number of hydrogen-bond donors (Lipinski definition) is 0. The molecule has 0 aliphatic carbocycles. The van der Waals surface area contributed by atoms with Crippen molar-refractivity contribution >= 4 is 45.6 Å². The number of fused-ring (bicyclic) bond motifs is 1. The van der Waals surface area contributed by atoms with Crippen molar-refractivity contribution in [1.29, 1.82) is 0 Å². The number of thiocarbonyl (C=S) groups is 1. The molecule has 0 spiro atoms. The molecule has 0 fully saturated rings. The van der Waals surface area contributed by atoms with E-state index in [4.69, 9.17) is 12.2 Å². The van der Waals surface area contributed by atoms with E-state index >= 15 is 0 Å². The summed E-state index contributed by atoms with van der Waals surface area (Å²) in [5, 5.41) is 1.20. The minimum atomic E-state index is 0.928. The first-order chi connectivity index (χ1) is 7.22. The van der Waals surface area contributed by atoms with Crippen molar-refractivity contribution in [2.24, 2.45) is 0 Å². The third-order valence-electron chi connectivity index (χ3n) is 2.21. The summed E-state index contributed by atoms with van der Waals surface area (Å²) in [5.74, 6) is 0. The number of thioether (sulfide) groups is 2. The van der Waals surface area contributed by atoms with Crippen LogP contribution in [0.25, 0.3) is 0 Å². The van der Waals surface area contributed by atoms with Gasteiger partial charge in [-0.05, 0) is 24.5 Å². The zero-order valence-electron chi connectivity index (χ0n) is 8.56. The molecule has 0 atom stereocenters. The van der Waals surface area contributed by atoms with Gasteiger partial charge in [0.05, 0.1) is 14.9 Å². The van der Waals surface area contributed by atoms with Gasteiger partial charge in [-0.15, -0.1) is 11.8 Å². The van der Waals surface area contributed by atoms with Crippen LogP contribution in [-0.2, 0) is 0 Å². The molecule has 0 bridgehead atoms. The van der Waals surface area contributed by atoms with Gasteiger partial charge in [0.15, 0.2) is 0 Å². The first kappa shape index (κ1) is 11.0. The van der Waals surface area contributed by atoms with E-state index < -0.39 is 0 Å². The highest BCUT2D eigenvalue weighted by Crippen LogP contribution is 2.44. The van der Waals surface area contributed by atoms with E-state index in [2.05, 4.69) is 42.3 Å². The van der Waals surface area contributed by atoms with Gasteiger partial charge in [-0.1, -0.05) is 36.1 Å². The minimum absolute atomic E-state index is 0.928. The van der Waals surface area contributed by atoms with Gasteiger partial charge in [0, 0.05) is 11.9 Å². The maximum absolute atomic E-state index is 5.20. The number of nitrogens with zero attached hydrogens (tertiary/aromatic N) is 1. The largest absolute Gasteiger partial charge is 0.338 e. The number of hydrogen-bond acceptors (Lipinski definition) is 4. The molecule has 0 unspecified atom stereocenters. The van der Waals surface area contributed by atoms with Crippen molar-refractivity contribution in [1.82, 2.24) is 0 Å². The lowest BCUT2D eigenvalue weighted by Gasteiger charge is -2.12. The lowest BCUT2D eigenvalue weighted by Crippen LogP contribution is -2.10. The highest BCUT2D eigenvalue weighted by Gasteiger charge is 2.21. The molecule has 78 valence electrons. The van der Waals surface area contributed by atoms with Crippen LogP contribution in [0, 0.1) is 0 Å². The van der Waals surface area contributed by atoms with Crippen LogP contribution in [0.4, 0.5) is 5.69 Å². The fraction of sp³-hybridized carbons (Fsp3) is 0.182. The Labute approximate surface area is 104 Å². The Balaban J connectivity index is 2.31. The molecule has 1 nitrogen and oxygen atoms in total. The molecule has 0 aromatic heterocycles. The Morgan fingerprint density at radius 3 is 2.87 bits per heavy atom. The molecule has 1 aromatic rings. The van der Waals surface area contributed by atoms with Crippen molar-refractivity contribution in [3.8, 4) is 0 Å². The molecule has 0 saturated heterocycles. The SMILES string of the molecule is CSC(=S)/C=C1/Sc2ccccc2N1C. The molecule has 0 N–H and O–H groups in total. The normalized spacial score (nSPS) is 16.9. The Morgan fingerprint density at radius 2 is 2.20 bits per heavy atom. The molecule has 4 heteroatoms. The summed E-state index contributed by atoms with van der Waals surface area (Å²) in [7, 11) is 2.08. The van der Waals surface area contributed by atoms with E-state index in [0.717, 1.165) is 4.20 Å².